The molecular formula is C16H20N4O4. The van der Waals surface area contributed by atoms with E-state index in [1.807, 2.05) is 13.8 Å². The molecule has 8 nitrogen and oxygen atoms in total. The molecule has 1 amide bonds. The minimum absolute atomic E-state index is 0.169. The Morgan fingerprint density at radius 1 is 1.46 bits per heavy atom. The number of rotatable bonds is 4. The van der Waals surface area contributed by atoms with Crippen molar-refractivity contribution in [1.82, 2.24) is 20.1 Å². The third kappa shape index (κ3) is 2.84. The lowest BCUT2D eigenvalue weighted by atomic mass is 9.93. The van der Waals surface area contributed by atoms with Crippen LogP contribution >= 0.6 is 0 Å². The first-order chi connectivity index (χ1) is 11.3. The molecule has 1 unspecified atom stereocenters. The number of hydrogen-bond donors (Lipinski definition) is 2. The summed E-state index contributed by atoms with van der Waals surface area (Å²) in [4.78, 5) is 28.5. The second-order valence-corrected chi connectivity index (χ2v) is 6.33. The Kier molecular flexibility index (Phi) is 4.00. The number of aromatic nitrogens is 3. The van der Waals surface area contributed by atoms with Gasteiger partial charge in [-0.05, 0) is 26.3 Å². The summed E-state index contributed by atoms with van der Waals surface area (Å²) in [6, 6.07) is 1.70. The highest BCUT2D eigenvalue weighted by atomic mass is 16.5. The van der Waals surface area contributed by atoms with Crippen molar-refractivity contribution in [3.05, 3.63) is 23.0 Å². The molecular weight excluding hydrogens is 312 g/mol. The first kappa shape index (κ1) is 16.4. The van der Waals surface area contributed by atoms with E-state index in [-0.39, 0.29) is 18.9 Å². The van der Waals surface area contributed by atoms with Gasteiger partial charge in [-0.2, -0.15) is 5.10 Å². The van der Waals surface area contributed by atoms with Crippen LogP contribution in [-0.4, -0.2) is 50.5 Å². The van der Waals surface area contributed by atoms with Gasteiger partial charge >= 0.3 is 5.97 Å². The number of carboxylic acid groups (broad SMARTS) is 1. The fourth-order valence-corrected chi connectivity index (χ4v) is 3.24. The molecule has 0 saturated carbocycles. The minimum Gasteiger partial charge on any atom is -0.481 e. The lowest BCUT2D eigenvalue weighted by Gasteiger charge is -2.27. The number of hydrogen-bond acceptors (Lipinski definition) is 5. The van der Waals surface area contributed by atoms with Gasteiger partial charge in [-0.15, -0.1) is 0 Å². The Labute approximate surface area is 138 Å². The zero-order valence-corrected chi connectivity index (χ0v) is 13.9. The van der Waals surface area contributed by atoms with Crippen LogP contribution in [0.4, 0.5) is 0 Å². The van der Waals surface area contributed by atoms with Crippen molar-refractivity contribution in [2.24, 2.45) is 7.05 Å². The third-order valence-electron chi connectivity index (χ3n) is 4.31. The zero-order valence-electron chi connectivity index (χ0n) is 13.9. The van der Waals surface area contributed by atoms with E-state index in [0.29, 0.717) is 41.0 Å². The minimum atomic E-state index is -0.964. The van der Waals surface area contributed by atoms with Gasteiger partial charge in [-0.3, -0.25) is 14.3 Å². The van der Waals surface area contributed by atoms with Gasteiger partial charge in [0.2, 0.25) is 0 Å². The number of amides is 1. The summed E-state index contributed by atoms with van der Waals surface area (Å²) in [6.07, 6.45) is 0.308. The predicted octanol–water partition coefficient (Wildman–Crippen LogP) is 0.949. The number of fused-ring (bicyclic) bond motifs is 1. The average molecular weight is 332 g/mol. The monoisotopic (exact) mass is 332 g/mol. The van der Waals surface area contributed by atoms with E-state index >= 15 is 0 Å². The molecule has 24 heavy (non-hydrogen) atoms. The third-order valence-corrected chi connectivity index (χ3v) is 4.31. The number of nitrogens with one attached hydrogen (secondary N) is 1. The molecule has 0 radical (unpaired) electrons. The second-order valence-electron chi connectivity index (χ2n) is 6.33. The summed E-state index contributed by atoms with van der Waals surface area (Å²) in [7, 11) is 1.78. The van der Waals surface area contributed by atoms with Crippen molar-refractivity contribution in [1.29, 1.82) is 0 Å². The molecule has 0 aliphatic carbocycles. The van der Waals surface area contributed by atoms with Crippen LogP contribution in [-0.2, 0) is 16.6 Å². The highest BCUT2D eigenvalue weighted by molar-refractivity contribution is 6.07. The SMILES string of the molecule is Cc1cc(C(=O)NC2(CC(=O)O)CCOC2)c2c(C)nn(C)c2n1. The Bertz CT molecular complexity index is 821. The summed E-state index contributed by atoms with van der Waals surface area (Å²) < 4.78 is 6.97. The lowest BCUT2D eigenvalue weighted by Crippen LogP contribution is -2.50. The first-order valence-corrected chi connectivity index (χ1v) is 7.74. The van der Waals surface area contributed by atoms with Gasteiger partial charge < -0.3 is 15.2 Å². The highest BCUT2D eigenvalue weighted by Crippen LogP contribution is 2.26. The molecule has 2 N–H and O–H groups in total. The molecule has 1 aliphatic heterocycles. The van der Waals surface area contributed by atoms with Crippen LogP contribution in [0.2, 0.25) is 0 Å². The van der Waals surface area contributed by atoms with Crippen molar-refractivity contribution in [2.75, 3.05) is 13.2 Å². The smallest absolute Gasteiger partial charge is 0.305 e. The lowest BCUT2D eigenvalue weighted by molar-refractivity contribution is -0.138. The maximum atomic E-state index is 12.9. The standard InChI is InChI=1S/C16H20N4O4/c1-9-6-11(13-10(2)19-20(3)14(13)17-9)15(23)18-16(7-12(21)22)4-5-24-8-16/h6H,4-5,7-8H2,1-3H3,(H,18,23)(H,21,22). The summed E-state index contributed by atoms with van der Waals surface area (Å²) >= 11 is 0. The topological polar surface area (TPSA) is 106 Å². The van der Waals surface area contributed by atoms with E-state index in [1.54, 1.807) is 17.8 Å². The Morgan fingerprint density at radius 3 is 2.83 bits per heavy atom. The summed E-state index contributed by atoms with van der Waals surface area (Å²) in [5.74, 6) is -1.29. The molecule has 1 saturated heterocycles. The van der Waals surface area contributed by atoms with Crippen LogP contribution in [0.5, 0.6) is 0 Å². The maximum absolute atomic E-state index is 12.9. The Hall–Kier alpha value is -2.48. The summed E-state index contributed by atoms with van der Waals surface area (Å²) in [5, 5.41) is 17.1. The van der Waals surface area contributed by atoms with Crippen molar-refractivity contribution in [3.63, 3.8) is 0 Å². The van der Waals surface area contributed by atoms with Crippen molar-refractivity contribution in [3.8, 4) is 0 Å². The van der Waals surface area contributed by atoms with Crippen LogP contribution in [0.1, 0.15) is 34.6 Å². The number of aryl methyl sites for hydroxylation is 3. The number of carbonyl (C=O) groups excluding carboxylic acids is 1. The maximum Gasteiger partial charge on any atom is 0.305 e. The molecule has 8 heteroatoms. The quantitative estimate of drug-likeness (QED) is 0.863. The van der Waals surface area contributed by atoms with E-state index < -0.39 is 11.5 Å². The van der Waals surface area contributed by atoms with E-state index in [4.69, 9.17) is 9.84 Å². The van der Waals surface area contributed by atoms with Crippen LogP contribution in [0.15, 0.2) is 6.07 Å². The molecule has 0 aromatic carbocycles. The van der Waals surface area contributed by atoms with Crippen molar-refractivity contribution >= 4 is 22.9 Å². The fourth-order valence-electron chi connectivity index (χ4n) is 3.24. The Morgan fingerprint density at radius 2 is 2.21 bits per heavy atom. The van der Waals surface area contributed by atoms with Crippen LogP contribution in [0.25, 0.3) is 11.0 Å². The summed E-state index contributed by atoms with van der Waals surface area (Å²) in [5.41, 5.74) is 1.63. The molecule has 0 spiro atoms. The van der Waals surface area contributed by atoms with Gasteiger partial charge in [0, 0.05) is 19.3 Å². The first-order valence-electron chi connectivity index (χ1n) is 7.74. The van der Waals surface area contributed by atoms with Gasteiger partial charge in [-0.1, -0.05) is 0 Å². The van der Waals surface area contributed by atoms with E-state index in [9.17, 15) is 9.59 Å². The molecule has 1 atom stereocenters. The molecule has 2 aromatic heterocycles. The molecule has 128 valence electrons. The summed E-state index contributed by atoms with van der Waals surface area (Å²) in [6.45, 7) is 4.26. The Balaban J connectivity index is 2.01. The molecule has 2 aromatic rings. The largest absolute Gasteiger partial charge is 0.481 e. The van der Waals surface area contributed by atoms with Crippen LogP contribution in [0.3, 0.4) is 0 Å². The number of pyridine rings is 1. The van der Waals surface area contributed by atoms with E-state index in [1.165, 1.54) is 0 Å². The molecule has 3 heterocycles. The van der Waals surface area contributed by atoms with Gasteiger partial charge in [-0.25, -0.2) is 4.98 Å². The normalized spacial score (nSPS) is 20.5. The number of carboxylic acids is 1. The van der Waals surface area contributed by atoms with E-state index in [0.717, 1.165) is 0 Å². The predicted molar refractivity (Wildman–Crippen MR) is 85.9 cm³/mol. The number of carbonyl (C=O) groups is 2. The van der Waals surface area contributed by atoms with Gasteiger partial charge in [0.1, 0.15) is 0 Å². The molecule has 1 aliphatic rings. The van der Waals surface area contributed by atoms with Crippen molar-refractivity contribution in [2.45, 2.75) is 32.2 Å². The van der Waals surface area contributed by atoms with Gasteiger partial charge in [0.05, 0.1) is 35.2 Å². The highest BCUT2D eigenvalue weighted by Gasteiger charge is 2.39. The molecule has 1 fully saturated rings. The van der Waals surface area contributed by atoms with Crippen LogP contribution < -0.4 is 5.32 Å². The molecule has 0 bridgehead atoms. The second kappa shape index (κ2) is 5.86. The van der Waals surface area contributed by atoms with Crippen LogP contribution in [0, 0.1) is 13.8 Å². The van der Waals surface area contributed by atoms with Gasteiger partial charge in [0.25, 0.3) is 5.91 Å². The van der Waals surface area contributed by atoms with Gasteiger partial charge in [0.15, 0.2) is 5.65 Å². The fraction of sp³-hybridized carbons (Fsp3) is 0.500. The number of nitrogens with zero attached hydrogens (tertiary/aromatic N) is 3. The number of aliphatic carboxylic acids is 1. The average Bonchev–Trinajstić information content (AvgIpc) is 3.03. The van der Waals surface area contributed by atoms with Crippen molar-refractivity contribution < 1.29 is 19.4 Å². The van der Waals surface area contributed by atoms with E-state index in [2.05, 4.69) is 15.4 Å². The number of ether oxygens (including phenoxy) is 1. The molecule has 3 rings (SSSR count). The zero-order chi connectivity index (χ0) is 17.5.